The Kier molecular flexibility index (Phi) is 5.12. The lowest BCUT2D eigenvalue weighted by Gasteiger charge is -2.33. The number of fused-ring (bicyclic) bond motifs is 1. The molecule has 2 atom stereocenters. The fraction of sp³-hybridized carbons (Fsp3) is 0.364. The topological polar surface area (TPSA) is 42.4 Å². The van der Waals surface area contributed by atoms with Gasteiger partial charge in [-0.1, -0.05) is 24.3 Å². The van der Waals surface area contributed by atoms with Gasteiger partial charge in [-0.2, -0.15) is 0 Å². The van der Waals surface area contributed by atoms with Gasteiger partial charge in [0.2, 0.25) is 0 Å². The second-order valence-corrected chi connectivity index (χ2v) is 8.28. The van der Waals surface area contributed by atoms with Crippen LogP contribution in [0, 0.1) is 6.92 Å². The number of hydrogen-bond acceptors (Lipinski definition) is 4. The molecule has 0 spiro atoms. The number of nitrogens with zero attached hydrogens (tertiary/aromatic N) is 2. The second kappa shape index (κ2) is 7.69. The van der Waals surface area contributed by atoms with Gasteiger partial charge in [0.15, 0.2) is 6.10 Å². The molecule has 1 aliphatic rings. The highest BCUT2D eigenvalue weighted by atomic mass is 32.1. The molecule has 0 aliphatic carbocycles. The van der Waals surface area contributed by atoms with Crippen LogP contribution >= 0.6 is 11.3 Å². The highest BCUT2D eigenvalue weighted by Crippen LogP contribution is 2.33. The Morgan fingerprint density at radius 2 is 2.11 bits per heavy atom. The van der Waals surface area contributed by atoms with Crippen LogP contribution in [0.25, 0.3) is 10.2 Å². The summed E-state index contributed by atoms with van der Waals surface area (Å²) in [7, 11) is 0. The van der Waals surface area contributed by atoms with Gasteiger partial charge >= 0.3 is 0 Å². The minimum Gasteiger partial charge on any atom is -0.481 e. The zero-order chi connectivity index (χ0) is 18.8. The van der Waals surface area contributed by atoms with Gasteiger partial charge < -0.3 is 9.64 Å². The van der Waals surface area contributed by atoms with Gasteiger partial charge in [-0.25, -0.2) is 4.98 Å². The van der Waals surface area contributed by atoms with Crippen LogP contribution in [0.3, 0.4) is 0 Å². The van der Waals surface area contributed by atoms with Crippen molar-refractivity contribution in [1.29, 1.82) is 0 Å². The first-order valence-corrected chi connectivity index (χ1v) is 10.3. The van der Waals surface area contributed by atoms with Crippen molar-refractivity contribution >= 4 is 27.5 Å². The molecule has 1 saturated heterocycles. The molecule has 1 fully saturated rings. The van der Waals surface area contributed by atoms with Gasteiger partial charge in [-0.15, -0.1) is 11.3 Å². The third-order valence-electron chi connectivity index (χ3n) is 5.04. The predicted molar refractivity (Wildman–Crippen MR) is 109 cm³/mol. The Bertz CT molecular complexity index is 919. The SMILES string of the molecule is Cc1cccc(O[C@H](C)C(=O)N2CCC[C@H](c3nc4ccccc4s3)C2)c1. The minimum absolute atomic E-state index is 0.0577. The number of rotatable bonds is 4. The fourth-order valence-electron chi connectivity index (χ4n) is 3.64. The lowest BCUT2D eigenvalue weighted by atomic mass is 9.98. The quantitative estimate of drug-likeness (QED) is 0.654. The number of likely N-dealkylation sites (tertiary alicyclic amines) is 1. The van der Waals surface area contributed by atoms with E-state index in [4.69, 9.17) is 9.72 Å². The maximum atomic E-state index is 12.9. The molecule has 27 heavy (non-hydrogen) atoms. The first kappa shape index (κ1) is 18.0. The third kappa shape index (κ3) is 3.98. The van der Waals surface area contributed by atoms with Crippen molar-refractivity contribution in [2.45, 2.75) is 38.7 Å². The van der Waals surface area contributed by atoms with Crippen molar-refractivity contribution in [2.75, 3.05) is 13.1 Å². The number of hydrogen-bond donors (Lipinski definition) is 0. The number of carbonyl (C=O) groups is 1. The average molecular weight is 381 g/mol. The van der Waals surface area contributed by atoms with Crippen LogP contribution in [0.15, 0.2) is 48.5 Å². The van der Waals surface area contributed by atoms with Crippen molar-refractivity contribution in [1.82, 2.24) is 9.88 Å². The average Bonchev–Trinajstić information content (AvgIpc) is 3.12. The molecule has 5 heteroatoms. The van der Waals surface area contributed by atoms with Crippen molar-refractivity contribution in [2.24, 2.45) is 0 Å². The van der Waals surface area contributed by atoms with E-state index in [1.807, 2.05) is 55.1 Å². The number of aromatic nitrogens is 1. The van der Waals surface area contributed by atoms with Crippen LogP contribution in [0.1, 0.15) is 36.3 Å². The second-order valence-electron chi connectivity index (χ2n) is 7.22. The zero-order valence-electron chi connectivity index (χ0n) is 15.7. The maximum Gasteiger partial charge on any atom is 0.263 e. The molecule has 0 radical (unpaired) electrons. The molecule has 2 aromatic carbocycles. The summed E-state index contributed by atoms with van der Waals surface area (Å²) < 4.78 is 7.11. The molecule has 3 aromatic rings. The van der Waals surface area contributed by atoms with Crippen molar-refractivity contribution in [3.8, 4) is 5.75 Å². The van der Waals surface area contributed by atoms with Crippen LogP contribution < -0.4 is 4.74 Å². The molecule has 0 unspecified atom stereocenters. The van der Waals surface area contributed by atoms with E-state index in [-0.39, 0.29) is 5.91 Å². The molecule has 1 aliphatic heterocycles. The molecule has 2 heterocycles. The van der Waals surface area contributed by atoms with E-state index in [1.165, 1.54) is 4.70 Å². The molecule has 4 nitrogen and oxygen atoms in total. The smallest absolute Gasteiger partial charge is 0.263 e. The highest BCUT2D eigenvalue weighted by Gasteiger charge is 2.30. The first-order valence-electron chi connectivity index (χ1n) is 9.48. The van der Waals surface area contributed by atoms with Gasteiger partial charge in [0.1, 0.15) is 5.75 Å². The summed E-state index contributed by atoms with van der Waals surface area (Å²) >= 11 is 1.75. The van der Waals surface area contributed by atoms with Crippen LogP contribution in [-0.4, -0.2) is 35.0 Å². The van der Waals surface area contributed by atoms with E-state index >= 15 is 0 Å². The Hall–Kier alpha value is -2.40. The number of piperidine rings is 1. The molecule has 4 rings (SSSR count). The minimum atomic E-state index is -0.485. The Labute approximate surface area is 163 Å². The van der Waals surface area contributed by atoms with Crippen LogP contribution in [0.5, 0.6) is 5.75 Å². The highest BCUT2D eigenvalue weighted by molar-refractivity contribution is 7.18. The normalized spacial score (nSPS) is 18.4. The van der Waals surface area contributed by atoms with Gasteiger partial charge in [0, 0.05) is 19.0 Å². The maximum absolute atomic E-state index is 12.9. The molecule has 0 bridgehead atoms. The summed E-state index contributed by atoms with van der Waals surface area (Å²) in [5, 5.41) is 1.14. The number of thiazole rings is 1. The van der Waals surface area contributed by atoms with Gasteiger partial charge in [0.25, 0.3) is 5.91 Å². The molecule has 0 N–H and O–H groups in total. The number of benzene rings is 2. The first-order chi connectivity index (χ1) is 13.1. The van der Waals surface area contributed by atoms with Gasteiger partial charge in [0.05, 0.1) is 15.2 Å². The molecule has 1 aromatic heterocycles. The Morgan fingerprint density at radius 1 is 1.26 bits per heavy atom. The zero-order valence-corrected chi connectivity index (χ0v) is 16.5. The summed E-state index contributed by atoms with van der Waals surface area (Å²) in [5.74, 6) is 1.11. The molecule has 0 saturated carbocycles. The van der Waals surface area contributed by atoms with E-state index < -0.39 is 6.10 Å². The van der Waals surface area contributed by atoms with Crippen molar-refractivity contribution in [3.05, 3.63) is 59.1 Å². The number of carbonyl (C=O) groups excluding carboxylic acids is 1. The van der Waals surface area contributed by atoms with E-state index in [0.29, 0.717) is 5.92 Å². The standard InChI is InChI=1S/C22H24N2O2S/c1-15-7-5-9-18(13-15)26-16(2)22(25)24-12-6-8-17(14-24)21-23-19-10-3-4-11-20(19)27-21/h3-5,7,9-11,13,16-17H,6,8,12,14H2,1-2H3/t16-,17+/m1/s1. The molecular formula is C22H24N2O2S. The van der Waals surface area contributed by atoms with E-state index in [9.17, 15) is 4.79 Å². The number of ether oxygens (including phenoxy) is 1. The monoisotopic (exact) mass is 380 g/mol. The van der Waals surface area contributed by atoms with Crippen molar-refractivity contribution in [3.63, 3.8) is 0 Å². The van der Waals surface area contributed by atoms with Crippen molar-refractivity contribution < 1.29 is 9.53 Å². The van der Waals surface area contributed by atoms with Gasteiger partial charge in [-0.05, 0) is 56.5 Å². The predicted octanol–water partition coefficient (Wildman–Crippen LogP) is 4.78. The number of amides is 1. The Balaban J connectivity index is 1.44. The summed E-state index contributed by atoms with van der Waals surface area (Å²) in [4.78, 5) is 19.7. The Morgan fingerprint density at radius 3 is 2.93 bits per heavy atom. The van der Waals surface area contributed by atoms with E-state index in [0.717, 1.165) is 47.8 Å². The largest absolute Gasteiger partial charge is 0.481 e. The van der Waals surface area contributed by atoms with Crippen LogP contribution in [0.2, 0.25) is 0 Å². The molecular weight excluding hydrogens is 356 g/mol. The van der Waals surface area contributed by atoms with E-state index in [2.05, 4.69) is 12.1 Å². The van der Waals surface area contributed by atoms with Gasteiger partial charge in [-0.3, -0.25) is 4.79 Å². The molecule has 140 valence electrons. The summed E-state index contributed by atoms with van der Waals surface area (Å²) in [6.07, 6.45) is 1.60. The third-order valence-corrected chi connectivity index (χ3v) is 6.24. The van der Waals surface area contributed by atoms with E-state index in [1.54, 1.807) is 11.3 Å². The lowest BCUT2D eigenvalue weighted by molar-refractivity contribution is -0.139. The summed E-state index contributed by atoms with van der Waals surface area (Å²) in [6, 6.07) is 16.1. The summed E-state index contributed by atoms with van der Waals surface area (Å²) in [6.45, 7) is 5.38. The van der Waals surface area contributed by atoms with Crippen LogP contribution in [0.4, 0.5) is 0 Å². The van der Waals surface area contributed by atoms with Crippen LogP contribution in [-0.2, 0) is 4.79 Å². The molecule has 1 amide bonds. The number of aryl methyl sites for hydroxylation is 1. The number of para-hydroxylation sites is 1. The summed E-state index contributed by atoms with van der Waals surface area (Å²) in [5.41, 5.74) is 2.18. The lowest BCUT2D eigenvalue weighted by Crippen LogP contribution is -2.45. The fourth-order valence-corrected chi connectivity index (χ4v) is 4.74.